The molecule has 2 aliphatic carbocycles. The first-order chi connectivity index (χ1) is 5.95. The minimum Gasteiger partial charge on any atom is -0.0843 e. The first kappa shape index (κ1) is 8.10. The van der Waals surface area contributed by atoms with Gasteiger partial charge in [-0.05, 0) is 38.0 Å². The van der Waals surface area contributed by atoms with E-state index in [1.54, 1.807) is 5.57 Å². The van der Waals surface area contributed by atoms with E-state index in [1.165, 1.54) is 44.9 Å². The highest BCUT2D eigenvalue weighted by molar-refractivity contribution is 5.20. The second-order valence-electron chi connectivity index (χ2n) is 4.11. The van der Waals surface area contributed by atoms with E-state index in [4.69, 9.17) is 0 Å². The van der Waals surface area contributed by atoms with E-state index in [2.05, 4.69) is 18.2 Å². The van der Waals surface area contributed by atoms with Crippen molar-refractivity contribution < 1.29 is 0 Å². The van der Waals surface area contributed by atoms with Gasteiger partial charge in [0.2, 0.25) is 0 Å². The molecule has 0 saturated carbocycles. The van der Waals surface area contributed by atoms with Crippen LogP contribution in [0.4, 0.5) is 0 Å². The maximum absolute atomic E-state index is 2.47. The Morgan fingerprint density at radius 1 is 1.17 bits per heavy atom. The Balaban J connectivity index is 2.13. The van der Waals surface area contributed by atoms with Gasteiger partial charge in [-0.1, -0.05) is 36.6 Å². The van der Waals surface area contributed by atoms with Crippen LogP contribution in [0.5, 0.6) is 0 Å². The third kappa shape index (κ3) is 2.00. The Morgan fingerprint density at radius 3 is 3.17 bits per heavy atom. The Kier molecular flexibility index (Phi) is 2.65. The average molecular weight is 162 g/mol. The fourth-order valence-corrected chi connectivity index (χ4v) is 2.28. The fourth-order valence-electron chi connectivity index (χ4n) is 2.28. The van der Waals surface area contributed by atoms with Crippen LogP contribution in [0.1, 0.15) is 44.9 Å². The Bertz CT molecular complexity index is 198. The van der Waals surface area contributed by atoms with Crippen molar-refractivity contribution >= 4 is 0 Å². The molecule has 0 heterocycles. The van der Waals surface area contributed by atoms with Crippen LogP contribution in [0.25, 0.3) is 0 Å². The smallest absolute Gasteiger partial charge is 0.0282 e. The van der Waals surface area contributed by atoms with Crippen LogP contribution in [0, 0.1) is 5.92 Å². The monoisotopic (exact) mass is 162 g/mol. The number of hydrogen-bond acceptors (Lipinski definition) is 0. The zero-order valence-electron chi connectivity index (χ0n) is 7.76. The third-order valence-electron chi connectivity index (χ3n) is 3.11. The summed E-state index contributed by atoms with van der Waals surface area (Å²) in [5, 5.41) is 0. The Hall–Kier alpha value is -0.520. The molecule has 0 aromatic rings. The highest BCUT2D eigenvalue weighted by Gasteiger charge is 2.11. The molecule has 0 heteroatoms. The average Bonchev–Trinajstić information content (AvgIpc) is 2.03. The van der Waals surface area contributed by atoms with Crippen molar-refractivity contribution in [2.24, 2.45) is 5.92 Å². The first-order valence-electron chi connectivity index (χ1n) is 5.31. The summed E-state index contributed by atoms with van der Waals surface area (Å²) in [6.07, 6.45) is 16.9. The van der Waals surface area contributed by atoms with Crippen molar-refractivity contribution in [3.8, 4) is 0 Å². The number of allylic oxidation sites excluding steroid dienone is 4. The molecule has 0 nitrogen and oxygen atoms in total. The molecule has 66 valence electrons. The highest BCUT2D eigenvalue weighted by Crippen LogP contribution is 2.27. The van der Waals surface area contributed by atoms with Gasteiger partial charge in [-0.3, -0.25) is 0 Å². The maximum atomic E-state index is 2.47. The van der Waals surface area contributed by atoms with E-state index in [-0.39, 0.29) is 0 Å². The number of fused-ring (bicyclic) bond motifs is 2. The fraction of sp³-hybridized carbons (Fsp3) is 0.667. The van der Waals surface area contributed by atoms with E-state index in [0.717, 1.165) is 5.92 Å². The van der Waals surface area contributed by atoms with Crippen molar-refractivity contribution in [2.75, 3.05) is 0 Å². The summed E-state index contributed by atoms with van der Waals surface area (Å²) in [7, 11) is 0. The summed E-state index contributed by atoms with van der Waals surface area (Å²) in [5.41, 5.74) is 1.60. The highest BCUT2D eigenvalue weighted by atomic mass is 14.2. The molecule has 0 aliphatic heterocycles. The molecule has 0 amide bonds. The minimum atomic E-state index is 0.991. The van der Waals surface area contributed by atoms with Gasteiger partial charge in [-0.25, -0.2) is 0 Å². The van der Waals surface area contributed by atoms with Crippen LogP contribution in [0.15, 0.2) is 23.8 Å². The molecular formula is C12H18. The summed E-state index contributed by atoms with van der Waals surface area (Å²) in [6.45, 7) is 0. The standard InChI is InChI=1S/C12H18/c1-2-6-12-8-4-3-7-11(5-1)9-10-12/h1,5,9,12H,2-4,6-8,10H2. The van der Waals surface area contributed by atoms with Gasteiger partial charge >= 0.3 is 0 Å². The van der Waals surface area contributed by atoms with E-state index in [0.29, 0.717) is 0 Å². The van der Waals surface area contributed by atoms with Gasteiger partial charge in [0.15, 0.2) is 0 Å². The van der Waals surface area contributed by atoms with Gasteiger partial charge in [-0.2, -0.15) is 0 Å². The van der Waals surface area contributed by atoms with Gasteiger partial charge in [0.05, 0.1) is 0 Å². The van der Waals surface area contributed by atoms with Crippen molar-refractivity contribution in [3.05, 3.63) is 23.8 Å². The molecule has 2 bridgehead atoms. The van der Waals surface area contributed by atoms with Crippen LogP contribution in [-0.2, 0) is 0 Å². The number of rotatable bonds is 0. The SMILES string of the molecule is C1=CC2=CCC(CC1)CCCC2. The maximum Gasteiger partial charge on any atom is -0.0282 e. The molecule has 2 rings (SSSR count). The molecule has 0 N–H and O–H groups in total. The van der Waals surface area contributed by atoms with E-state index >= 15 is 0 Å². The zero-order valence-corrected chi connectivity index (χ0v) is 7.76. The van der Waals surface area contributed by atoms with E-state index in [9.17, 15) is 0 Å². The molecule has 0 saturated heterocycles. The molecule has 0 fully saturated rings. The van der Waals surface area contributed by atoms with Crippen LogP contribution in [0.2, 0.25) is 0 Å². The molecular weight excluding hydrogens is 144 g/mol. The molecule has 1 atom stereocenters. The Morgan fingerprint density at radius 2 is 2.17 bits per heavy atom. The van der Waals surface area contributed by atoms with E-state index in [1.807, 2.05) is 0 Å². The molecule has 0 radical (unpaired) electrons. The van der Waals surface area contributed by atoms with Crippen LogP contribution < -0.4 is 0 Å². The molecule has 12 heavy (non-hydrogen) atoms. The van der Waals surface area contributed by atoms with Crippen molar-refractivity contribution in [1.82, 2.24) is 0 Å². The normalized spacial score (nSPS) is 30.0. The second-order valence-corrected chi connectivity index (χ2v) is 4.11. The lowest BCUT2D eigenvalue weighted by Crippen LogP contribution is -2.03. The zero-order chi connectivity index (χ0) is 8.23. The van der Waals surface area contributed by atoms with Crippen molar-refractivity contribution in [2.45, 2.75) is 44.9 Å². The Labute approximate surface area is 75.4 Å². The largest absolute Gasteiger partial charge is 0.0843 e. The number of hydrogen-bond donors (Lipinski definition) is 0. The second kappa shape index (κ2) is 3.93. The van der Waals surface area contributed by atoms with E-state index < -0.39 is 0 Å². The van der Waals surface area contributed by atoms with Gasteiger partial charge in [0.25, 0.3) is 0 Å². The lowest BCUT2D eigenvalue weighted by molar-refractivity contribution is 0.426. The van der Waals surface area contributed by atoms with Crippen LogP contribution in [0.3, 0.4) is 0 Å². The summed E-state index contributed by atoms with van der Waals surface area (Å²) >= 11 is 0. The third-order valence-corrected chi connectivity index (χ3v) is 3.11. The predicted octanol–water partition coefficient (Wildman–Crippen LogP) is 3.84. The quantitative estimate of drug-likeness (QED) is 0.507. The van der Waals surface area contributed by atoms with Crippen molar-refractivity contribution in [1.29, 1.82) is 0 Å². The molecule has 2 aliphatic rings. The predicted molar refractivity (Wildman–Crippen MR) is 53.0 cm³/mol. The minimum absolute atomic E-state index is 0.991. The first-order valence-corrected chi connectivity index (χ1v) is 5.31. The lowest BCUT2D eigenvalue weighted by Gasteiger charge is -2.19. The molecule has 0 aromatic heterocycles. The van der Waals surface area contributed by atoms with Gasteiger partial charge in [-0.15, -0.1) is 0 Å². The topological polar surface area (TPSA) is 0 Å². The summed E-state index contributed by atoms with van der Waals surface area (Å²) < 4.78 is 0. The lowest BCUT2D eigenvalue weighted by atomic mass is 9.87. The van der Waals surface area contributed by atoms with Crippen LogP contribution in [-0.4, -0.2) is 0 Å². The van der Waals surface area contributed by atoms with Gasteiger partial charge in [0.1, 0.15) is 0 Å². The summed E-state index contributed by atoms with van der Waals surface area (Å²) in [6, 6.07) is 0. The summed E-state index contributed by atoms with van der Waals surface area (Å²) in [4.78, 5) is 0. The summed E-state index contributed by atoms with van der Waals surface area (Å²) in [5.74, 6) is 0.991. The molecule has 0 aromatic carbocycles. The molecule has 1 unspecified atom stereocenters. The van der Waals surface area contributed by atoms with Gasteiger partial charge < -0.3 is 0 Å². The molecule has 0 spiro atoms. The van der Waals surface area contributed by atoms with Crippen LogP contribution >= 0.6 is 0 Å². The van der Waals surface area contributed by atoms with Crippen molar-refractivity contribution in [3.63, 3.8) is 0 Å². The van der Waals surface area contributed by atoms with Gasteiger partial charge in [0, 0.05) is 0 Å².